The van der Waals surface area contributed by atoms with Crippen LogP contribution in [0.25, 0.3) is 16.9 Å². The Morgan fingerprint density at radius 2 is 2.14 bits per heavy atom. The van der Waals surface area contributed by atoms with Crippen LogP contribution in [0.2, 0.25) is 0 Å². The third-order valence-corrected chi connectivity index (χ3v) is 3.43. The molecule has 0 fully saturated rings. The number of imidazole rings is 1. The number of hydrogen-bond acceptors (Lipinski definition) is 4. The number of methoxy groups -OCH3 is 1. The van der Waals surface area contributed by atoms with Crippen LogP contribution in [-0.4, -0.2) is 26.6 Å². The van der Waals surface area contributed by atoms with Gasteiger partial charge in [-0.2, -0.15) is 4.98 Å². The zero-order valence-corrected chi connectivity index (χ0v) is 12.2. The van der Waals surface area contributed by atoms with Gasteiger partial charge in [-0.25, -0.2) is 14.4 Å². The molecule has 1 aromatic carbocycles. The molecular weight excluding hydrogens is 295 g/mol. The highest BCUT2D eigenvalue weighted by atomic mass is 35.5. The van der Waals surface area contributed by atoms with E-state index in [9.17, 15) is 4.39 Å². The molecule has 21 heavy (non-hydrogen) atoms. The minimum Gasteiger partial charge on any atom is -0.479 e. The van der Waals surface area contributed by atoms with Gasteiger partial charge < -0.3 is 4.74 Å². The van der Waals surface area contributed by atoms with E-state index in [4.69, 9.17) is 16.3 Å². The molecule has 0 aliphatic rings. The molecule has 5 nitrogen and oxygen atoms in total. The van der Waals surface area contributed by atoms with Crippen molar-refractivity contribution in [1.29, 1.82) is 0 Å². The van der Waals surface area contributed by atoms with Crippen LogP contribution < -0.4 is 4.74 Å². The smallest absolute Gasteiger partial charge is 0.245 e. The molecule has 0 aliphatic heterocycles. The highest BCUT2D eigenvalue weighted by Gasteiger charge is 2.18. The summed E-state index contributed by atoms with van der Waals surface area (Å²) < 4.78 is 20.3. The van der Waals surface area contributed by atoms with Gasteiger partial charge in [0.2, 0.25) is 5.88 Å². The minimum atomic E-state index is -0.291. The number of halogens is 2. The lowest BCUT2D eigenvalue weighted by molar-refractivity contribution is 0.401. The van der Waals surface area contributed by atoms with Gasteiger partial charge in [-0.15, -0.1) is 11.6 Å². The molecule has 0 unspecified atom stereocenters. The van der Waals surface area contributed by atoms with E-state index in [-0.39, 0.29) is 11.7 Å². The first-order valence-corrected chi connectivity index (χ1v) is 6.78. The fraction of sp³-hybridized carbons (Fsp3) is 0.214. The van der Waals surface area contributed by atoms with E-state index in [0.29, 0.717) is 22.9 Å². The van der Waals surface area contributed by atoms with Crippen LogP contribution in [0.15, 0.2) is 24.5 Å². The zero-order valence-electron chi connectivity index (χ0n) is 11.5. The number of aryl methyl sites for hydroxylation is 1. The van der Waals surface area contributed by atoms with Crippen molar-refractivity contribution in [1.82, 2.24) is 19.5 Å². The average molecular weight is 307 g/mol. The van der Waals surface area contributed by atoms with E-state index >= 15 is 0 Å². The maximum atomic E-state index is 13.3. The van der Waals surface area contributed by atoms with Crippen molar-refractivity contribution in [3.63, 3.8) is 0 Å². The molecule has 0 aliphatic carbocycles. The second kappa shape index (κ2) is 5.29. The number of ether oxygens (including phenoxy) is 1. The molecule has 0 bridgehead atoms. The Hall–Kier alpha value is -2.21. The van der Waals surface area contributed by atoms with Crippen LogP contribution >= 0.6 is 11.6 Å². The number of nitrogens with zero attached hydrogens (tertiary/aromatic N) is 4. The average Bonchev–Trinajstić information content (AvgIpc) is 2.85. The lowest BCUT2D eigenvalue weighted by Crippen LogP contribution is -2.03. The third kappa shape index (κ3) is 2.21. The van der Waals surface area contributed by atoms with Crippen molar-refractivity contribution in [3.8, 4) is 11.6 Å². The maximum Gasteiger partial charge on any atom is 0.245 e. The number of benzene rings is 1. The van der Waals surface area contributed by atoms with Crippen LogP contribution in [0.4, 0.5) is 4.39 Å². The summed E-state index contributed by atoms with van der Waals surface area (Å²) >= 11 is 5.99. The molecule has 108 valence electrons. The summed E-state index contributed by atoms with van der Waals surface area (Å²) in [6.07, 6.45) is 1.40. The topological polar surface area (TPSA) is 52.8 Å². The summed E-state index contributed by atoms with van der Waals surface area (Å²) in [5.74, 6) is 0.876. The molecule has 0 saturated carbocycles. The first kappa shape index (κ1) is 13.8. The summed E-state index contributed by atoms with van der Waals surface area (Å²) in [6.45, 7) is 1.82. The molecule has 0 N–H and O–H groups in total. The van der Waals surface area contributed by atoms with E-state index in [1.165, 1.54) is 25.6 Å². The fourth-order valence-corrected chi connectivity index (χ4v) is 2.46. The van der Waals surface area contributed by atoms with Crippen molar-refractivity contribution in [3.05, 3.63) is 41.7 Å². The van der Waals surface area contributed by atoms with Crippen LogP contribution in [0.1, 0.15) is 11.4 Å². The van der Waals surface area contributed by atoms with Gasteiger partial charge in [0.1, 0.15) is 18.0 Å². The highest BCUT2D eigenvalue weighted by Crippen LogP contribution is 2.27. The Kier molecular flexibility index (Phi) is 3.47. The lowest BCUT2D eigenvalue weighted by Gasteiger charge is -2.10. The first-order valence-electron chi connectivity index (χ1n) is 6.24. The summed E-state index contributed by atoms with van der Waals surface area (Å²) in [5.41, 5.74) is 2.64. The Morgan fingerprint density at radius 1 is 1.33 bits per heavy atom. The normalized spacial score (nSPS) is 11.0. The summed E-state index contributed by atoms with van der Waals surface area (Å²) in [6, 6.07) is 4.53. The van der Waals surface area contributed by atoms with Crippen molar-refractivity contribution in [2.45, 2.75) is 12.8 Å². The van der Waals surface area contributed by atoms with Crippen molar-refractivity contribution >= 4 is 22.8 Å². The standard InChI is InChI=1S/C14H12ClFN4O/c1-8-5-9(16)3-4-10(8)20-11(6-15)19-12-13(20)17-7-18-14(12)21-2/h3-5,7H,6H2,1-2H3. The molecule has 3 rings (SSSR count). The molecule has 0 atom stereocenters. The molecule has 0 spiro atoms. The van der Waals surface area contributed by atoms with E-state index in [0.717, 1.165) is 11.3 Å². The van der Waals surface area contributed by atoms with Crippen molar-refractivity contribution in [2.24, 2.45) is 0 Å². The summed E-state index contributed by atoms with van der Waals surface area (Å²) in [5, 5.41) is 0. The Morgan fingerprint density at radius 3 is 2.81 bits per heavy atom. The third-order valence-electron chi connectivity index (χ3n) is 3.19. The lowest BCUT2D eigenvalue weighted by atomic mass is 10.2. The Balaban J connectivity index is 2.35. The molecule has 0 radical (unpaired) electrons. The van der Waals surface area contributed by atoms with E-state index in [1.807, 2.05) is 6.92 Å². The first-order chi connectivity index (χ1) is 10.2. The fourth-order valence-electron chi connectivity index (χ4n) is 2.28. The van der Waals surface area contributed by atoms with Crippen LogP contribution in [0.5, 0.6) is 5.88 Å². The van der Waals surface area contributed by atoms with Gasteiger partial charge in [-0.1, -0.05) is 0 Å². The van der Waals surface area contributed by atoms with Crippen molar-refractivity contribution in [2.75, 3.05) is 7.11 Å². The van der Waals surface area contributed by atoms with E-state index in [2.05, 4.69) is 15.0 Å². The highest BCUT2D eigenvalue weighted by molar-refractivity contribution is 6.17. The number of fused-ring (bicyclic) bond motifs is 1. The predicted octanol–water partition coefficient (Wildman–Crippen LogP) is 3.01. The Labute approximate surface area is 125 Å². The number of hydrogen-bond donors (Lipinski definition) is 0. The van der Waals surface area contributed by atoms with Crippen LogP contribution in [0, 0.1) is 12.7 Å². The van der Waals surface area contributed by atoms with E-state index in [1.54, 1.807) is 10.6 Å². The second-order valence-corrected chi connectivity index (χ2v) is 4.75. The van der Waals surface area contributed by atoms with Gasteiger partial charge in [0.05, 0.1) is 18.7 Å². The summed E-state index contributed by atoms with van der Waals surface area (Å²) in [4.78, 5) is 12.7. The SMILES string of the molecule is COc1ncnc2c1nc(CCl)n2-c1ccc(F)cc1C. The number of alkyl halides is 1. The van der Waals surface area contributed by atoms with Gasteiger partial charge in [-0.3, -0.25) is 4.57 Å². The zero-order chi connectivity index (χ0) is 15.0. The molecule has 0 saturated heterocycles. The molecule has 2 aromatic heterocycles. The number of rotatable bonds is 3. The van der Waals surface area contributed by atoms with Crippen LogP contribution in [0.3, 0.4) is 0 Å². The monoisotopic (exact) mass is 306 g/mol. The van der Waals surface area contributed by atoms with Gasteiger partial charge in [0, 0.05) is 0 Å². The van der Waals surface area contributed by atoms with Gasteiger partial charge in [-0.05, 0) is 30.7 Å². The van der Waals surface area contributed by atoms with E-state index < -0.39 is 0 Å². The van der Waals surface area contributed by atoms with Crippen LogP contribution in [-0.2, 0) is 5.88 Å². The minimum absolute atomic E-state index is 0.191. The largest absolute Gasteiger partial charge is 0.479 e. The molecule has 3 aromatic rings. The quantitative estimate of drug-likeness (QED) is 0.698. The van der Waals surface area contributed by atoms with Gasteiger partial charge in [0.25, 0.3) is 0 Å². The maximum absolute atomic E-state index is 13.3. The number of aromatic nitrogens is 4. The molecular formula is C14H12ClFN4O. The molecule has 0 amide bonds. The molecule has 7 heteroatoms. The predicted molar refractivity (Wildman–Crippen MR) is 77.5 cm³/mol. The van der Waals surface area contributed by atoms with Gasteiger partial charge >= 0.3 is 0 Å². The molecule has 2 heterocycles. The van der Waals surface area contributed by atoms with Gasteiger partial charge in [0.15, 0.2) is 11.2 Å². The Bertz CT molecular complexity index is 818. The second-order valence-electron chi connectivity index (χ2n) is 4.48. The van der Waals surface area contributed by atoms with Crippen molar-refractivity contribution < 1.29 is 9.13 Å². The summed E-state index contributed by atoms with van der Waals surface area (Å²) in [7, 11) is 1.52.